The molecule has 1 heterocycles. The van der Waals surface area contributed by atoms with Crippen LogP contribution in [0.4, 0.5) is 4.39 Å². The van der Waals surface area contributed by atoms with Gasteiger partial charge in [0.2, 0.25) is 5.91 Å². The Hall–Kier alpha value is -2.40. The molecule has 0 radical (unpaired) electrons. The molecule has 25 heavy (non-hydrogen) atoms. The fourth-order valence-electron chi connectivity index (χ4n) is 2.76. The first kappa shape index (κ1) is 17.4. The van der Waals surface area contributed by atoms with Gasteiger partial charge in [-0.1, -0.05) is 43.6 Å². The lowest BCUT2D eigenvalue weighted by atomic mass is 10.0. The van der Waals surface area contributed by atoms with Crippen molar-refractivity contribution in [3.8, 4) is 0 Å². The van der Waals surface area contributed by atoms with Crippen molar-refractivity contribution in [3.05, 3.63) is 64.7 Å². The number of aromatic amines is 1. The van der Waals surface area contributed by atoms with Gasteiger partial charge >= 0.3 is 0 Å². The first-order valence-corrected chi connectivity index (χ1v) is 8.50. The zero-order valence-corrected chi connectivity index (χ0v) is 14.8. The molecule has 1 aromatic heterocycles. The molecule has 130 valence electrons. The summed E-state index contributed by atoms with van der Waals surface area (Å²) < 4.78 is 13.9. The van der Waals surface area contributed by atoms with E-state index in [9.17, 15) is 9.18 Å². The number of nitrogens with one attached hydrogen (secondary N) is 2. The van der Waals surface area contributed by atoms with Crippen molar-refractivity contribution in [1.82, 2.24) is 15.3 Å². The molecule has 6 heteroatoms. The van der Waals surface area contributed by atoms with Crippen molar-refractivity contribution < 1.29 is 9.18 Å². The third kappa shape index (κ3) is 3.82. The molecule has 0 aliphatic heterocycles. The monoisotopic (exact) mass is 359 g/mol. The number of halogens is 2. The van der Waals surface area contributed by atoms with Gasteiger partial charge in [-0.25, -0.2) is 9.37 Å². The van der Waals surface area contributed by atoms with Gasteiger partial charge in [0.15, 0.2) is 0 Å². The van der Waals surface area contributed by atoms with E-state index in [0.29, 0.717) is 5.82 Å². The lowest BCUT2D eigenvalue weighted by molar-refractivity contribution is -0.121. The molecule has 1 atom stereocenters. The highest BCUT2D eigenvalue weighted by Crippen LogP contribution is 2.23. The van der Waals surface area contributed by atoms with E-state index >= 15 is 0 Å². The number of para-hydroxylation sites is 2. The van der Waals surface area contributed by atoms with Crippen LogP contribution < -0.4 is 5.32 Å². The number of fused-ring (bicyclic) bond motifs is 1. The second-order valence-corrected chi connectivity index (χ2v) is 6.71. The van der Waals surface area contributed by atoms with E-state index in [-0.39, 0.29) is 34.9 Å². The van der Waals surface area contributed by atoms with Crippen molar-refractivity contribution in [1.29, 1.82) is 0 Å². The summed E-state index contributed by atoms with van der Waals surface area (Å²) in [6, 6.07) is 11.8. The molecule has 0 unspecified atom stereocenters. The van der Waals surface area contributed by atoms with Crippen LogP contribution in [0.1, 0.15) is 31.3 Å². The highest BCUT2D eigenvalue weighted by molar-refractivity contribution is 6.31. The number of benzene rings is 2. The normalized spacial score (nSPS) is 12.5. The largest absolute Gasteiger partial charge is 0.346 e. The van der Waals surface area contributed by atoms with E-state index < -0.39 is 5.82 Å². The molecule has 0 saturated heterocycles. The van der Waals surface area contributed by atoms with Gasteiger partial charge in [-0.05, 0) is 30.2 Å². The number of carbonyl (C=O) groups excluding carboxylic acids is 1. The fourth-order valence-corrected chi connectivity index (χ4v) is 2.99. The van der Waals surface area contributed by atoms with Crippen LogP contribution in [-0.2, 0) is 11.2 Å². The summed E-state index contributed by atoms with van der Waals surface area (Å²) in [4.78, 5) is 20.2. The Morgan fingerprint density at radius 2 is 2.00 bits per heavy atom. The topological polar surface area (TPSA) is 57.8 Å². The molecule has 0 fully saturated rings. The second-order valence-electron chi connectivity index (χ2n) is 6.31. The molecular weight excluding hydrogens is 341 g/mol. The average Bonchev–Trinajstić information content (AvgIpc) is 2.99. The highest BCUT2D eigenvalue weighted by atomic mass is 35.5. The number of amides is 1. The van der Waals surface area contributed by atoms with E-state index in [4.69, 9.17) is 11.6 Å². The number of hydrogen-bond donors (Lipinski definition) is 2. The number of carbonyl (C=O) groups is 1. The minimum Gasteiger partial charge on any atom is -0.346 e. The first-order chi connectivity index (χ1) is 12.0. The quantitative estimate of drug-likeness (QED) is 0.708. The van der Waals surface area contributed by atoms with Gasteiger partial charge in [-0.15, -0.1) is 0 Å². The Balaban J connectivity index is 1.81. The van der Waals surface area contributed by atoms with Crippen LogP contribution in [0.25, 0.3) is 11.0 Å². The van der Waals surface area contributed by atoms with Crippen molar-refractivity contribution in [2.24, 2.45) is 5.92 Å². The Morgan fingerprint density at radius 1 is 1.24 bits per heavy atom. The molecule has 4 nitrogen and oxygen atoms in total. The predicted molar refractivity (Wildman–Crippen MR) is 96.9 cm³/mol. The highest BCUT2D eigenvalue weighted by Gasteiger charge is 2.23. The smallest absolute Gasteiger partial charge is 0.225 e. The maximum atomic E-state index is 13.9. The van der Waals surface area contributed by atoms with Gasteiger partial charge in [0.05, 0.1) is 23.5 Å². The van der Waals surface area contributed by atoms with Gasteiger partial charge in [-0.3, -0.25) is 4.79 Å². The van der Waals surface area contributed by atoms with E-state index in [1.54, 1.807) is 6.07 Å². The maximum Gasteiger partial charge on any atom is 0.225 e. The minimum atomic E-state index is -0.479. The summed E-state index contributed by atoms with van der Waals surface area (Å²) in [5, 5.41) is 3.19. The zero-order chi connectivity index (χ0) is 18.0. The van der Waals surface area contributed by atoms with Crippen LogP contribution in [0.5, 0.6) is 0 Å². The summed E-state index contributed by atoms with van der Waals surface area (Å²) in [5.74, 6) is 0.0171. The van der Waals surface area contributed by atoms with Gasteiger partial charge in [0, 0.05) is 10.6 Å². The van der Waals surface area contributed by atoms with E-state index in [2.05, 4.69) is 15.3 Å². The van der Waals surface area contributed by atoms with Gasteiger partial charge in [0.25, 0.3) is 0 Å². The number of imidazole rings is 1. The molecule has 0 spiro atoms. The molecule has 0 aliphatic carbocycles. The Morgan fingerprint density at radius 3 is 2.68 bits per heavy atom. The average molecular weight is 360 g/mol. The van der Waals surface area contributed by atoms with Crippen molar-refractivity contribution in [2.45, 2.75) is 26.3 Å². The summed E-state index contributed by atoms with van der Waals surface area (Å²) in [6.07, 6.45) is -0.116. The predicted octanol–water partition coefficient (Wildman–Crippen LogP) is 4.41. The molecule has 2 N–H and O–H groups in total. The van der Waals surface area contributed by atoms with Crippen molar-refractivity contribution in [3.63, 3.8) is 0 Å². The zero-order valence-electron chi connectivity index (χ0n) is 14.0. The van der Waals surface area contributed by atoms with E-state index in [1.807, 2.05) is 38.1 Å². The third-order valence-electron chi connectivity index (χ3n) is 4.08. The number of aromatic nitrogens is 2. The summed E-state index contributed by atoms with van der Waals surface area (Å²) >= 11 is 6.00. The number of rotatable bonds is 5. The van der Waals surface area contributed by atoms with E-state index in [0.717, 1.165) is 11.0 Å². The number of hydrogen-bond acceptors (Lipinski definition) is 2. The summed E-state index contributed by atoms with van der Waals surface area (Å²) in [7, 11) is 0. The van der Waals surface area contributed by atoms with Gasteiger partial charge < -0.3 is 10.3 Å². The lowest BCUT2D eigenvalue weighted by Crippen LogP contribution is -2.33. The summed E-state index contributed by atoms with van der Waals surface area (Å²) in [6.45, 7) is 3.99. The first-order valence-electron chi connectivity index (χ1n) is 8.12. The Bertz CT molecular complexity index is 853. The molecular formula is C19H19ClFN3O. The number of nitrogens with zero attached hydrogens (tertiary/aromatic N) is 1. The van der Waals surface area contributed by atoms with Crippen LogP contribution in [-0.4, -0.2) is 15.9 Å². The SMILES string of the molecule is CC(C)[C@H](NC(=O)Cc1c(F)cccc1Cl)c1nc2ccccc2[nH]1. The molecule has 0 saturated carbocycles. The molecule has 3 aromatic rings. The Labute approximate surface area is 150 Å². The second kappa shape index (κ2) is 7.23. The minimum absolute atomic E-state index is 0.112. The van der Waals surface area contributed by atoms with Crippen LogP contribution >= 0.6 is 11.6 Å². The Kier molecular flexibility index (Phi) is 5.04. The van der Waals surface area contributed by atoms with Crippen LogP contribution in [0.2, 0.25) is 5.02 Å². The number of H-pyrrole nitrogens is 1. The van der Waals surface area contributed by atoms with E-state index in [1.165, 1.54) is 12.1 Å². The van der Waals surface area contributed by atoms with Crippen LogP contribution in [0, 0.1) is 11.7 Å². The van der Waals surface area contributed by atoms with Crippen LogP contribution in [0.15, 0.2) is 42.5 Å². The standard InChI is InChI=1S/C19H19ClFN3O/c1-11(2)18(19-22-15-8-3-4-9-16(15)23-19)24-17(25)10-12-13(20)6-5-7-14(12)21/h3-9,11,18H,10H2,1-2H3,(H,22,23)(H,24,25)/t18-/m0/s1. The molecule has 0 bridgehead atoms. The van der Waals surface area contributed by atoms with Gasteiger partial charge in [-0.2, -0.15) is 0 Å². The molecule has 1 amide bonds. The molecule has 0 aliphatic rings. The van der Waals surface area contributed by atoms with Crippen molar-refractivity contribution >= 4 is 28.5 Å². The van der Waals surface area contributed by atoms with Crippen molar-refractivity contribution in [2.75, 3.05) is 0 Å². The summed E-state index contributed by atoms with van der Waals surface area (Å²) in [5.41, 5.74) is 1.96. The lowest BCUT2D eigenvalue weighted by Gasteiger charge is -2.20. The molecule has 3 rings (SSSR count). The molecule has 2 aromatic carbocycles. The van der Waals surface area contributed by atoms with Gasteiger partial charge in [0.1, 0.15) is 11.6 Å². The fraction of sp³-hybridized carbons (Fsp3) is 0.263. The third-order valence-corrected chi connectivity index (χ3v) is 4.44. The maximum absolute atomic E-state index is 13.9. The van der Waals surface area contributed by atoms with Crippen LogP contribution in [0.3, 0.4) is 0 Å².